The van der Waals surface area contributed by atoms with Gasteiger partial charge in [-0.05, 0) is 28.7 Å². The van der Waals surface area contributed by atoms with Crippen LogP contribution in [-0.4, -0.2) is 9.54 Å². The number of alkyl halides is 1. The molecule has 0 fully saturated rings. The number of halogens is 1. The van der Waals surface area contributed by atoms with Crippen molar-refractivity contribution in [2.75, 3.05) is 4.61 Å². The average Bonchev–Trinajstić information content (AvgIpc) is 2.05. The van der Waals surface area contributed by atoms with E-state index in [1.807, 2.05) is 22.6 Å². The molecule has 5 heteroatoms. The number of benzene rings is 1. The van der Waals surface area contributed by atoms with Crippen molar-refractivity contribution >= 4 is 28.3 Å². The highest BCUT2D eigenvalue weighted by molar-refractivity contribution is 14.1. The smallest absolute Gasteiger partial charge is 0.310 e. The van der Waals surface area contributed by atoms with Gasteiger partial charge in [-0.15, -0.1) is 0 Å². The van der Waals surface area contributed by atoms with Crippen LogP contribution in [0.5, 0.6) is 5.75 Å². The number of hydrogen-bond acceptors (Lipinski definition) is 3. The molecule has 1 aromatic carbocycles. The van der Waals surface area contributed by atoms with Gasteiger partial charge >= 0.3 is 5.69 Å². The highest BCUT2D eigenvalue weighted by Crippen LogP contribution is 2.25. The second-order valence-electron chi connectivity index (χ2n) is 1.98. The second-order valence-corrected chi connectivity index (χ2v) is 2.60. The molecule has 0 bridgehead atoms. The summed E-state index contributed by atoms with van der Waals surface area (Å²) in [6, 6.07) is 6.31. The Balaban J connectivity index is 3.00. The molecule has 0 aliphatic rings. The van der Waals surface area contributed by atoms with E-state index in [4.69, 9.17) is 4.74 Å². The first-order valence-corrected chi connectivity index (χ1v) is 4.70. The topological polar surface area (TPSA) is 52.4 Å². The molecule has 0 spiro atoms. The highest BCUT2D eigenvalue weighted by Gasteiger charge is 2.12. The molecular formula is C7H6INO3. The molecule has 0 N–H and O–H groups in total. The van der Waals surface area contributed by atoms with Crippen molar-refractivity contribution in [2.45, 2.75) is 0 Å². The van der Waals surface area contributed by atoms with Crippen LogP contribution in [0.2, 0.25) is 0 Å². The Labute approximate surface area is 82.8 Å². The van der Waals surface area contributed by atoms with Gasteiger partial charge in [0.2, 0.25) is 0 Å². The summed E-state index contributed by atoms with van der Waals surface area (Å²) in [5.74, 6) is 0.317. The fourth-order valence-corrected chi connectivity index (χ4v) is 1.12. The summed E-state index contributed by atoms with van der Waals surface area (Å²) in [4.78, 5) is 9.96. The van der Waals surface area contributed by atoms with E-state index in [0.717, 1.165) is 0 Å². The fourth-order valence-electron chi connectivity index (χ4n) is 0.789. The van der Waals surface area contributed by atoms with Gasteiger partial charge in [-0.25, -0.2) is 0 Å². The summed E-state index contributed by atoms with van der Waals surface area (Å²) in [5, 5.41) is 10.4. The lowest BCUT2D eigenvalue weighted by Crippen LogP contribution is -1.94. The molecule has 0 saturated carbocycles. The number of rotatable bonds is 3. The normalized spacial score (nSPS) is 9.42. The molecule has 0 radical (unpaired) electrons. The van der Waals surface area contributed by atoms with E-state index >= 15 is 0 Å². The zero-order valence-corrected chi connectivity index (χ0v) is 8.22. The zero-order chi connectivity index (χ0) is 8.97. The summed E-state index contributed by atoms with van der Waals surface area (Å²) in [5.41, 5.74) is 0.00849. The highest BCUT2D eigenvalue weighted by atomic mass is 127. The van der Waals surface area contributed by atoms with Crippen LogP contribution in [0.15, 0.2) is 24.3 Å². The molecule has 0 atom stereocenters. The molecule has 12 heavy (non-hydrogen) atoms. The van der Waals surface area contributed by atoms with Crippen LogP contribution in [-0.2, 0) is 0 Å². The molecule has 0 saturated heterocycles. The molecule has 0 aliphatic carbocycles. The quantitative estimate of drug-likeness (QED) is 0.369. The van der Waals surface area contributed by atoms with E-state index < -0.39 is 4.92 Å². The largest absolute Gasteiger partial charge is 0.476 e. The maximum atomic E-state index is 10.4. The lowest BCUT2D eigenvalue weighted by molar-refractivity contribution is -0.385. The summed E-state index contributed by atoms with van der Waals surface area (Å²) < 4.78 is 5.45. The minimum absolute atomic E-state index is 0.00849. The molecule has 0 unspecified atom stereocenters. The lowest BCUT2D eigenvalue weighted by atomic mass is 10.3. The Kier molecular flexibility index (Phi) is 3.27. The standard InChI is InChI=1S/C7H6INO3/c8-5-12-7-4-2-1-3-6(7)9(10)11/h1-4H,5H2. The zero-order valence-electron chi connectivity index (χ0n) is 6.07. The van der Waals surface area contributed by atoms with Gasteiger partial charge in [-0.3, -0.25) is 10.1 Å². The molecule has 1 rings (SSSR count). The predicted octanol–water partition coefficient (Wildman–Crippen LogP) is 2.37. The van der Waals surface area contributed by atoms with Crippen LogP contribution in [0.25, 0.3) is 0 Å². The number of hydrogen-bond donors (Lipinski definition) is 0. The van der Waals surface area contributed by atoms with Crippen molar-refractivity contribution in [1.82, 2.24) is 0 Å². The van der Waals surface area contributed by atoms with Crippen LogP contribution in [0, 0.1) is 10.1 Å². The first-order valence-electron chi connectivity index (χ1n) is 3.18. The number of ether oxygens (including phenoxy) is 1. The number of nitro groups is 1. The Hall–Kier alpha value is -0.850. The second kappa shape index (κ2) is 4.24. The predicted molar refractivity (Wildman–Crippen MR) is 52.6 cm³/mol. The van der Waals surface area contributed by atoms with Crippen LogP contribution in [0.4, 0.5) is 5.69 Å². The van der Waals surface area contributed by atoms with E-state index in [9.17, 15) is 10.1 Å². The van der Waals surface area contributed by atoms with Gasteiger partial charge in [0.1, 0.15) is 4.61 Å². The molecule has 0 aromatic heterocycles. The van der Waals surface area contributed by atoms with Gasteiger partial charge < -0.3 is 4.74 Å². The van der Waals surface area contributed by atoms with Crippen molar-refractivity contribution in [3.8, 4) is 5.75 Å². The summed E-state index contributed by atoms with van der Waals surface area (Å²) in [6.45, 7) is 0. The van der Waals surface area contributed by atoms with Crippen molar-refractivity contribution in [3.05, 3.63) is 34.4 Å². The van der Waals surface area contributed by atoms with Crippen LogP contribution < -0.4 is 4.74 Å². The van der Waals surface area contributed by atoms with Gasteiger partial charge in [0.15, 0.2) is 5.75 Å². The molecule has 0 heterocycles. The van der Waals surface area contributed by atoms with Crippen LogP contribution >= 0.6 is 22.6 Å². The fraction of sp³-hybridized carbons (Fsp3) is 0.143. The first-order chi connectivity index (χ1) is 5.75. The van der Waals surface area contributed by atoms with Gasteiger partial charge in [0.05, 0.1) is 4.92 Å². The van der Waals surface area contributed by atoms with E-state index in [1.54, 1.807) is 18.2 Å². The third-order valence-electron chi connectivity index (χ3n) is 1.27. The van der Waals surface area contributed by atoms with E-state index in [-0.39, 0.29) is 5.69 Å². The Morgan fingerprint density at radius 3 is 2.75 bits per heavy atom. The maximum Gasteiger partial charge on any atom is 0.310 e. The summed E-state index contributed by atoms with van der Waals surface area (Å²) in [7, 11) is 0. The SMILES string of the molecule is O=[N+]([O-])c1ccccc1OCI. The maximum absolute atomic E-state index is 10.4. The van der Waals surface area contributed by atoms with Crippen molar-refractivity contribution in [1.29, 1.82) is 0 Å². The summed E-state index contributed by atoms with van der Waals surface area (Å²) >= 11 is 1.99. The number of nitrogens with zero attached hydrogens (tertiary/aromatic N) is 1. The number of nitro benzene ring substituents is 1. The van der Waals surface area contributed by atoms with Crippen molar-refractivity contribution in [2.24, 2.45) is 0 Å². The Morgan fingerprint density at radius 2 is 2.17 bits per heavy atom. The third-order valence-corrected chi connectivity index (χ3v) is 1.58. The third kappa shape index (κ3) is 2.07. The molecule has 1 aromatic rings. The molecule has 0 aliphatic heterocycles. The van der Waals surface area contributed by atoms with Crippen molar-refractivity contribution in [3.63, 3.8) is 0 Å². The molecule has 4 nitrogen and oxygen atoms in total. The van der Waals surface area contributed by atoms with Crippen molar-refractivity contribution < 1.29 is 9.66 Å². The first kappa shape index (κ1) is 9.24. The van der Waals surface area contributed by atoms with E-state index in [2.05, 4.69) is 0 Å². The number of para-hydroxylation sites is 2. The lowest BCUT2D eigenvalue weighted by Gasteiger charge is -2.01. The van der Waals surface area contributed by atoms with Gasteiger partial charge in [0.25, 0.3) is 0 Å². The summed E-state index contributed by atoms with van der Waals surface area (Å²) in [6.07, 6.45) is 0. The molecular weight excluding hydrogens is 273 g/mol. The minimum atomic E-state index is -0.457. The molecule has 0 amide bonds. The molecule has 64 valence electrons. The Bertz CT molecular complexity index is 290. The minimum Gasteiger partial charge on any atom is -0.476 e. The van der Waals surface area contributed by atoms with Gasteiger partial charge in [-0.2, -0.15) is 0 Å². The van der Waals surface area contributed by atoms with E-state index in [1.165, 1.54) is 6.07 Å². The monoisotopic (exact) mass is 279 g/mol. The van der Waals surface area contributed by atoms with E-state index in [0.29, 0.717) is 10.4 Å². The average molecular weight is 279 g/mol. The van der Waals surface area contributed by atoms with Gasteiger partial charge in [-0.1, -0.05) is 12.1 Å². The Morgan fingerprint density at radius 1 is 1.50 bits per heavy atom. The van der Waals surface area contributed by atoms with Gasteiger partial charge in [0, 0.05) is 6.07 Å². The van der Waals surface area contributed by atoms with Crippen LogP contribution in [0.1, 0.15) is 0 Å². The van der Waals surface area contributed by atoms with Crippen LogP contribution in [0.3, 0.4) is 0 Å².